The second kappa shape index (κ2) is 9.88. The molecule has 1 heterocycles. The van der Waals surface area contributed by atoms with Crippen LogP contribution in [0.15, 0.2) is 52.9 Å². The van der Waals surface area contributed by atoms with Crippen molar-refractivity contribution < 1.29 is 9.59 Å². The lowest BCUT2D eigenvalue weighted by molar-refractivity contribution is -0.118. The Morgan fingerprint density at radius 1 is 1.07 bits per heavy atom. The number of amides is 2. The number of hydrogen-bond donors (Lipinski definition) is 2. The molecule has 0 spiro atoms. The Hall–Kier alpha value is -2.13. The third-order valence-electron chi connectivity index (χ3n) is 3.46. The van der Waals surface area contributed by atoms with Crippen LogP contribution < -0.4 is 10.6 Å². The van der Waals surface area contributed by atoms with Crippen molar-refractivity contribution in [2.45, 2.75) is 10.9 Å². The molecule has 0 radical (unpaired) electrons. The van der Waals surface area contributed by atoms with Gasteiger partial charge >= 0.3 is 0 Å². The van der Waals surface area contributed by atoms with Crippen molar-refractivity contribution in [3.05, 3.63) is 69.7 Å². The summed E-state index contributed by atoms with van der Waals surface area (Å²) in [7, 11) is 0. The Kier molecular flexibility index (Phi) is 7.27. The van der Waals surface area contributed by atoms with E-state index in [1.807, 2.05) is 30.3 Å². The summed E-state index contributed by atoms with van der Waals surface area (Å²) in [5.74, 6) is -0.309. The minimum absolute atomic E-state index is 0.109. The smallest absolute Gasteiger partial charge is 0.259 e. The van der Waals surface area contributed by atoms with E-state index < -0.39 is 5.91 Å². The van der Waals surface area contributed by atoms with E-state index in [9.17, 15) is 9.59 Å². The number of anilines is 1. The number of carbonyl (C=O) groups excluding carboxylic acids is 2. The van der Waals surface area contributed by atoms with Gasteiger partial charge in [-0.15, -0.1) is 10.2 Å². The highest BCUT2D eigenvalue weighted by molar-refractivity contribution is 8.01. The van der Waals surface area contributed by atoms with Gasteiger partial charge in [0.1, 0.15) is 0 Å². The number of hydrogen-bond acceptors (Lipinski definition) is 6. The molecule has 0 bridgehead atoms. The van der Waals surface area contributed by atoms with Gasteiger partial charge in [0.05, 0.1) is 16.3 Å². The van der Waals surface area contributed by atoms with Gasteiger partial charge in [-0.1, -0.05) is 76.6 Å². The van der Waals surface area contributed by atoms with Gasteiger partial charge in [0, 0.05) is 11.6 Å². The van der Waals surface area contributed by atoms with Crippen LogP contribution in [0.2, 0.25) is 10.0 Å². The van der Waals surface area contributed by atoms with Crippen LogP contribution in [0.1, 0.15) is 15.9 Å². The minimum Gasteiger partial charge on any atom is -0.351 e. The molecule has 3 aromatic rings. The van der Waals surface area contributed by atoms with Crippen LogP contribution in [0.5, 0.6) is 0 Å². The summed E-state index contributed by atoms with van der Waals surface area (Å²) in [6.07, 6.45) is 0. The SMILES string of the molecule is O=C(CSc1nnc(NC(=O)c2ccc(Cl)cc2Cl)s1)NCc1ccccc1. The van der Waals surface area contributed by atoms with Crippen molar-refractivity contribution in [3.63, 3.8) is 0 Å². The number of rotatable bonds is 7. The van der Waals surface area contributed by atoms with Crippen molar-refractivity contribution in [3.8, 4) is 0 Å². The topological polar surface area (TPSA) is 84.0 Å². The lowest BCUT2D eigenvalue weighted by Crippen LogP contribution is -2.24. The van der Waals surface area contributed by atoms with Crippen molar-refractivity contribution in [1.29, 1.82) is 0 Å². The summed E-state index contributed by atoms with van der Waals surface area (Å²) in [6, 6.07) is 14.3. The zero-order valence-corrected chi connectivity index (χ0v) is 17.5. The van der Waals surface area contributed by atoms with Crippen LogP contribution in [-0.4, -0.2) is 27.8 Å². The number of aromatic nitrogens is 2. The van der Waals surface area contributed by atoms with Crippen LogP contribution in [-0.2, 0) is 11.3 Å². The summed E-state index contributed by atoms with van der Waals surface area (Å²) in [4.78, 5) is 24.2. The molecule has 10 heteroatoms. The van der Waals surface area contributed by atoms with Crippen LogP contribution in [0.25, 0.3) is 0 Å². The second-order valence-corrected chi connectivity index (χ2v) is 8.55. The Balaban J connectivity index is 1.48. The Morgan fingerprint density at radius 3 is 2.61 bits per heavy atom. The maximum Gasteiger partial charge on any atom is 0.259 e. The predicted octanol–water partition coefficient (Wildman–Crippen LogP) is 4.51. The van der Waals surface area contributed by atoms with E-state index in [1.54, 1.807) is 6.07 Å². The molecular weight excluding hydrogens is 439 g/mol. The van der Waals surface area contributed by atoms with Gasteiger partial charge < -0.3 is 5.32 Å². The quantitative estimate of drug-likeness (QED) is 0.407. The Bertz CT molecular complexity index is 983. The van der Waals surface area contributed by atoms with Crippen LogP contribution >= 0.6 is 46.3 Å². The molecule has 1 aromatic heterocycles. The fourth-order valence-corrected chi connectivity index (χ4v) is 4.20. The van der Waals surface area contributed by atoms with Gasteiger partial charge in [-0.2, -0.15) is 0 Å². The van der Waals surface area contributed by atoms with Crippen LogP contribution in [0.3, 0.4) is 0 Å². The first-order chi connectivity index (χ1) is 13.5. The van der Waals surface area contributed by atoms with Crippen LogP contribution in [0, 0.1) is 0 Å². The molecule has 2 N–H and O–H groups in total. The normalized spacial score (nSPS) is 10.5. The fraction of sp³-hybridized carbons (Fsp3) is 0.111. The molecule has 0 aliphatic carbocycles. The van der Waals surface area contributed by atoms with Gasteiger partial charge in [0.2, 0.25) is 11.0 Å². The molecule has 0 atom stereocenters. The molecule has 0 saturated heterocycles. The third kappa shape index (κ3) is 5.93. The van der Waals surface area contributed by atoms with E-state index in [0.717, 1.165) is 5.56 Å². The maximum atomic E-state index is 12.3. The average Bonchev–Trinajstić information content (AvgIpc) is 3.12. The van der Waals surface area contributed by atoms with Gasteiger partial charge in [0.15, 0.2) is 4.34 Å². The molecule has 0 aliphatic heterocycles. The lowest BCUT2D eigenvalue weighted by atomic mass is 10.2. The number of benzene rings is 2. The third-order valence-corrected chi connectivity index (χ3v) is 5.98. The molecule has 0 unspecified atom stereocenters. The number of halogens is 2. The van der Waals surface area contributed by atoms with Crippen molar-refractivity contribution in [1.82, 2.24) is 15.5 Å². The van der Waals surface area contributed by atoms with Crippen molar-refractivity contribution in [2.75, 3.05) is 11.1 Å². The maximum absolute atomic E-state index is 12.3. The van der Waals surface area contributed by atoms with E-state index >= 15 is 0 Å². The molecule has 144 valence electrons. The van der Waals surface area contributed by atoms with Gasteiger partial charge in [-0.05, 0) is 23.8 Å². The number of nitrogens with zero attached hydrogens (tertiary/aromatic N) is 2. The lowest BCUT2D eigenvalue weighted by Gasteiger charge is -2.04. The molecular formula is C18H14Cl2N4O2S2. The van der Waals surface area contributed by atoms with Crippen LogP contribution in [0.4, 0.5) is 5.13 Å². The van der Waals surface area contributed by atoms with E-state index in [2.05, 4.69) is 20.8 Å². The van der Waals surface area contributed by atoms with E-state index in [1.165, 1.54) is 35.2 Å². The zero-order valence-electron chi connectivity index (χ0n) is 14.3. The fourth-order valence-electron chi connectivity index (χ4n) is 2.13. The molecule has 28 heavy (non-hydrogen) atoms. The largest absolute Gasteiger partial charge is 0.351 e. The summed E-state index contributed by atoms with van der Waals surface area (Å²) in [5, 5.41) is 14.4. The predicted molar refractivity (Wildman–Crippen MR) is 113 cm³/mol. The molecule has 0 fully saturated rings. The van der Waals surface area contributed by atoms with Crippen molar-refractivity contribution >= 4 is 63.2 Å². The first-order valence-electron chi connectivity index (χ1n) is 8.04. The molecule has 2 amide bonds. The molecule has 3 rings (SSSR count). The highest BCUT2D eigenvalue weighted by atomic mass is 35.5. The summed E-state index contributed by atoms with van der Waals surface area (Å²) in [5.41, 5.74) is 1.32. The van der Waals surface area contributed by atoms with E-state index in [-0.39, 0.29) is 22.2 Å². The zero-order chi connectivity index (χ0) is 19.9. The highest BCUT2D eigenvalue weighted by Gasteiger charge is 2.14. The van der Waals surface area contributed by atoms with Gasteiger partial charge in [-0.25, -0.2) is 0 Å². The summed E-state index contributed by atoms with van der Waals surface area (Å²) in [6.45, 7) is 0.472. The molecule has 0 aliphatic rings. The highest BCUT2D eigenvalue weighted by Crippen LogP contribution is 2.27. The van der Waals surface area contributed by atoms with Gasteiger partial charge in [-0.3, -0.25) is 14.9 Å². The van der Waals surface area contributed by atoms with Crippen molar-refractivity contribution in [2.24, 2.45) is 0 Å². The van der Waals surface area contributed by atoms with E-state index in [4.69, 9.17) is 23.2 Å². The first-order valence-corrected chi connectivity index (χ1v) is 10.6. The number of nitrogens with one attached hydrogen (secondary N) is 2. The van der Waals surface area contributed by atoms with Gasteiger partial charge in [0.25, 0.3) is 5.91 Å². The second-order valence-electron chi connectivity index (χ2n) is 5.50. The monoisotopic (exact) mass is 452 g/mol. The molecule has 2 aromatic carbocycles. The minimum atomic E-state index is -0.407. The Labute approximate surface area is 179 Å². The average molecular weight is 453 g/mol. The standard InChI is InChI=1S/C18H14Cl2N4O2S2/c19-12-6-7-13(14(20)8-12)16(26)22-17-23-24-18(28-17)27-10-15(25)21-9-11-4-2-1-3-5-11/h1-8H,9-10H2,(H,21,25)(H,22,23,26). The number of thioether (sulfide) groups is 1. The first kappa shape index (κ1) is 20.6. The molecule has 0 saturated carbocycles. The molecule has 6 nitrogen and oxygen atoms in total. The van der Waals surface area contributed by atoms with E-state index in [0.29, 0.717) is 21.0 Å². The summed E-state index contributed by atoms with van der Waals surface area (Å²) >= 11 is 14.3. The summed E-state index contributed by atoms with van der Waals surface area (Å²) < 4.78 is 0.576. The number of carbonyl (C=O) groups is 2. The Morgan fingerprint density at radius 2 is 1.86 bits per heavy atom.